The van der Waals surface area contributed by atoms with Crippen LogP contribution in [0.2, 0.25) is 0 Å². The first kappa shape index (κ1) is 25.4. The summed E-state index contributed by atoms with van der Waals surface area (Å²) < 4.78 is 5.93. The SMILES string of the molecule is C=C(C)[C@@H]1CC[C@]2(C)CC[C@]3(C)[C@H](CC[C@@H]4[C@@]5(C)CC[C@](O)(C6=NCCO6)C(C)(C)[C@@H]5CC[C@]43C)[C@@H]12. The number of rotatable bonds is 2. The van der Waals surface area contributed by atoms with E-state index in [1.54, 1.807) is 0 Å². The summed E-state index contributed by atoms with van der Waals surface area (Å²) >= 11 is 0. The molecule has 36 heavy (non-hydrogen) atoms. The Morgan fingerprint density at radius 1 is 0.861 bits per heavy atom. The van der Waals surface area contributed by atoms with Crippen LogP contribution in [0.4, 0.5) is 0 Å². The molecule has 1 heterocycles. The van der Waals surface area contributed by atoms with E-state index in [1.165, 1.54) is 56.9 Å². The van der Waals surface area contributed by atoms with Crippen molar-refractivity contribution in [2.45, 2.75) is 118 Å². The molecular weight excluding hydrogens is 442 g/mol. The Morgan fingerprint density at radius 3 is 2.28 bits per heavy atom. The monoisotopic (exact) mass is 495 g/mol. The van der Waals surface area contributed by atoms with Gasteiger partial charge in [-0.1, -0.05) is 53.7 Å². The highest BCUT2D eigenvalue weighted by Gasteiger charge is 2.72. The third-order valence-corrected chi connectivity index (χ3v) is 14.7. The zero-order valence-corrected chi connectivity index (χ0v) is 24.4. The number of allylic oxidation sites excluding steroid dienone is 1. The number of hydrogen-bond donors (Lipinski definition) is 1. The van der Waals surface area contributed by atoms with Crippen LogP contribution in [0.15, 0.2) is 17.1 Å². The van der Waals surface area contributed by atoms with Crippen LogP contribution in [0.3, 0.4) is 0 Å². The lowest BCUT2D eigenvalue weighted by molar-refractivity contribution is -0.255. The summed E-state index contributed by atoms with van der Waals surface area (Å²) in [5.74, 6) is 4.24. The van der Waals surface area contributed by atoms with Gasteiger partial charge in [-0.05, 0) is 122 Å². The average molecular weight is 496 g/mol. The lowest BCUT2D eigenvalue weighted by atomic mass is 9.31. The first-order valence-corrected chi connectivity index (χ1v) is 15.3. The molecule has 3 nitrogen and oxygen atoms in total. The Labute approximate surface area is 220 Å². The lowest BCUT2D eigenvalue weighted by Gasteiger charge is -2.73. The molecular formula is C33H53NO2. The van der Waals surface area contributed by atoms with Crippen LogP contribution in [0, 0.1) is 56.7 Å². The zero-order valence-electron chi connectivity index (χ0n) is 24.4. The number of aliphatic hydroxyl groups is 1. The van der Waals surface area contributed by atoms with Gasteiger partial charge in [0.15, 0.2) is 0 Å². The Bertz CT molecular complexity index is 984. The van der Waals surface area contributed by atoms with Gasteiger partial charge in [-0.15, -0.1) is 0 Å². The fraction of sp³-hybridized carbons (Fsp3) is 0.909. The van der Waals surface area contributed by atoms with Crippen molar-refractivity contribution >= 4 is 5.90 Å². The molecule has 0 aromatic carbocycles. The first-order chi connectivity index (χ1) is 16.7. The van der Waals surface area contributed by atoms with Gasteiger partial charge < -0.3 is 9.84 Å². The summed E-state index contributed by atoms with van der Waals surface area (Å²) in [6.07, 6.45) is 12.7. The minimum Gasteiger partial charge on any atom is -0.477 e. The van der Waals surface area contributed by atoms with E-state index in [1.807, 2.05) is 0 Å². The van der Waals surface area contributed by atoms with Gasteiger partial charge >= 0.3 is 0 Å². The molecule has 0 amide bonds. The zero-order chi connectivity index (χ0) is 25.9. The highest BCUT2D eigenvalue weighted by molar-refractivity contribution is 5.87. The van der Waals surface area contributed by atoms with Crippen LogP contribution in [0.1, 0.15) is 113 Å². The molecule has 0 bridgehead atoms. The molecule has 3 heteroatoms. The molecule has 0 radical (unpaired) electrons. The third kappa shape index (κ3) is 2.88. The van der Waals surface area contributed by atoms with Gasteiger partial charge in [0, 0.05) is 5.41 Å². The maximum absolute atomic E-state index is 12.1. The minimum absolute atomic E-state index is 0.232. The van der Waals surface area contributed by atoms with Crippen molar-refractivity contribution in [1.82, 2.24) is 0 Å². The summed E-state index contributed by atoms with van der Waals surface area (Å²) in [7, 11) is 0. The van der Waals surface area contributed by atoms with Gasteiger partial charge in [0.05, 0.1) is 6.54 Å². The summed E-state index contributed by atoms with van der Waals surface area (Å²) in [4.78, 5) is 4.64. The van der Waals surface area contributed by atoms with Crippen molar-refractivity contribution in [1.29, 1.82) is 0 Å². The Kier molecular flexibility index (Phi) is 5.40. The van der Waals surface area contributed by atoms with Crippen molar-refractivity contribution in [2.24, 2.45) is 61.7 Å². The van der Waals surface area contributed by atoms with Crippen molar-refractivity contribution in [3.05, 3.63) is 12.2 Å². The molecule has 0 spiro atoms. The van der Waals surface area contributed by atoms with E-state index in [4.69, 9.17) is 4.74 Å². The fourth-order valence-corrected chi connectivity index (χ4v) is 12.4. The van der Waals surface area contributed by atoms with Crippen molar-refractivity contribution in [3.8, 4) is 0 Å². The van der Waals surface area contributed by atoms with Crippen LogP contribution in [0.25, 0.3) is 0 Å². The lowest BCUT2D eigenvalue weighted by Crippen LogP contribution is -2.69. The highest BCUT2D eigenvalue weighted by atomic mass is 16.5. The summed E-state index contributed by atoms with van der Waals surface area (Å²) in [5, 5.41) is 12.1. The maximum Gasteiger partial charge on any atom is 0.217 e. The summed E-state index contributed by atoms with van der Waals surface area (Å²) in [5.41, 5.74) is 1.85. The molecule has 1 N–H and O–H groups in total. The van der Waals surface area contributed by atoms with E-state index in [0.717, 1.165) is 36.5 Å². The maximum atomic E-state index is 12.1. The standard InChI is InChI=1S/C33H53NO2/c1-21(2)22-11-13-29(5)15-17-31(7)23(26(22)29)9-10-25-30(6)16-18-33(35,27-34-19-20-36-27)28(3,4)24(30)12-14-32(25,31)8/h22-26,35H,1,9-20H2,2-8H3/t22-,23+,24-,25+,26+,29+,30-,31+,32+,33-/m0/s1. The van der Waals surface area contributed by atoms with Crippen LogP contribution in [0.5, 0.6) is 0 Å². The topological polar surface area (TPSA) is 41.8 Å². The first-order valence-electron chi connectivity index (χ1n) is 15.3. The van der Waals surface area contributed by atoms with Crippen LogP contribution in [-0.4, -0.2) is 29.8 Å². The summed E-state index contributed by atoms with van der Waals surface area (Å²) in [6, 6.07) is 0. The number of hydrogen-bond acceptors (Lipinski definition) is 3. The Hall–Kier alpha value is -0.830. The van der Waals surface area contributed by atoms with Crippen molar-refractivity contribution in [3.63, 3.8) is 0 Å². The van der Waals surface area contributed by atoms with Gasteiger partial charge in [0.2, 0.25) is 5.90 Å². The normalized spacial score (nSPS) is 55.4. The quantitative estimate of drug-likeness (QED) is 0.397. The van der Waals surface area contributed by atoms with Crippen LogP contribution < -0.4 is 0 Å². The highest BCUT2D eigenvalue weighted by Crippen LogP contribution is 2.78. The molecule has 1 aliphatic heterocycles. The third-order valence-electron chi connectivity index (χ3n) is 14.7. The van der Waals surface area contributed by atoms with Gasteiger partial charge in [-0.2, -0.15) is 0 Å². The molecule has 5 saturated carbocycles. The molecule has 0 saturated heterocycles. The summed E-state index contributed by atoms with van der Waals surface area (Å²) in [6.45, 7) is 23.5. The van der Waals surface area contributed by atoms with Gasteiger partial charge in [-0.3, -0.25) is 0 Å². The van der Waals surface area contributed by atoms with E-state index >= 15 is 0 Å². The number of aliphatic imine (C=N–C) groups is 1. The van der Waals surface area contributed by atoms with Crippen LogP contribution >= 0.6 is 0 Å². The fourth-order valence-electron chi connectivity index (χ4n) is 12.4. The molecule has 6 rings (SSSR count). The van der Waals surface area contributed by atoms with E-state index in [9.17, 15) is 5.11 Å². The molecule has 0 aromatic heterocycles. The number of fused-ring (bicyclic) bond motifs is 7. The Morgan fingerprint density at radius 2 is 1.61 bits per heavy atom. The van der Waals surface area contributed by atoms with Crippen LogP contribution in [-0.2, 0) is 4.74 Å². The molecule has 6 aliphatic rings. The van der Waals surface area contributed by atoms with Crippen molar-refractivity contribution < 1.29 is 9.84 Å². The largest absolute Gasteiger partial charge is 0.477 e. The molecule has 5 aliphatic carbocycles. The van der Waals surface area contributed by atoms with Gasteiger partial charge in [0.1, 0.15) is 12.2 Å². The molecule has 5 fully saturated rings. The molecule has 10 atom stereocenters. The number of nitrogens with zero attached hydrogens (tertiary/aromatic N) is 1. The van der Waals surface area contributed by atoms with E-state index in [0.29, 0.717) is 41.2 Å². The second kappa shape index (κ2) is 7.64. The average Bonchev–Trinajstić information content (AvgIpc) is 3.46. The minimum atomic E-state index is -0.923. The smallest absolute Gasteiger partial charge is 0.217 e. The predicted molar refractivity (Wildman–Crippen MR) is 148 cm³/mol. The predicted octanol–water partition coefficient (Wildman–Crippen LogP) is 7.82. The molecule has 0 unspecified atom stereocenters. The second-order valence-electron chi connectivity index (χ2n) is 16.0. The number of ether oxygens (including phenoxy) is 1. The second-order valence-corrected chi connectivity index (χ2v) is 16.0. The van der Waals surface area contributed by atoms with E-state index < -0.39 is 5.60 Å². The molecule has 202 valence electrons. The van der Waals surface area contributed by atoms with Crippen molar-refractivity contribution in [2.75, 3.05) is 13.2 Å². The van der Waals surface area contributed by atoms with Gasteiger partial charge in [-0.25, -0.2) is 4.99 Å². The van der Waals surface area contributed by atoms with Gasteiger partial charge in [0.25, 0.3) is 0 Å². The Balaban J connectivity index is 1.36. The van der Waals surface area contributed by atoms with E-state index in [-0.39, 0.29) is 10.8 Å². The molecule has 0 aromatic rings. The van der Waals surface area contributed by atoms with E-state index in [2.05, 4.69) is 60.0 Å².